The highest BCUT2D eigenvalue weighted by atomic mass is 35.5. The van der Waals surface area contributed by atoms with E-state index < -0.39 is 24.7 Å². The second-order valence-electron chi connectivity index (χ2n) is 5.79. The van der Waals surface area contributed by atoms with E-state index in [0.717, 1.165) is 0 Å². The van der Waals surface area contributed by atoms with E-state index in [4.69, 9.17) is 16.3 Å². The Morgan fingerprint density at radius 2 is 2.25 bits per heavy atom. The Balaban J connectivity index is 1.78. The van der Waals surface area contributed by atoms with Crippen molar-refractivity contribution in [3.05, 3.63) is 41.3 Å². The monoisotopic (exact) mass is 412 g/mol. The van der Waals surface area contributed by atoms with Crippen molar-refractivity contribution in [2.75, 3.05) is 13.6 Å². The van der Waals surface area contributed by atoms with Gasteiger partial charge in [-0.05, 0) is 12.1 Å². The normalized spacial score (nSPS) is 16.2. The van der Waals surface area contributed by atoms with Crippen LogP contribution in [0.25, 0.3) is 11.3 Å². The summed E-state index contributed by atoms with van der Waals surface area (Å²) in [6.07, 6.45) is 1.37. The lowest BCUT2D eigenvalue weighted by atomic mass is 10.1. The van der Waals surface area contributed by atoms with Gasteiger partial charge in [0, 0.05) is 12.6 Å². The molecule has 0 saturated carbocycles. The van der Waals surface area contributed by atoms with Gasteiger partial charge < -0.3 is 14.8 Å². The first-order valence-corrected chi connectivity index (χ1v) is 8.48. The predicted molar refractivity (Wildman–Crippen MR) is 93.9 cm³/mol. The molecule has 1 aromatic carbocycles. The second kappa shape index (κ2) is 8.34. The van der Waals surface area contributed by atoms with Gasteiger partial charge >= 0.3 is 12.7 Å². The summed E-state index contributed by atoms with van der Waals surface area (Å²) < 4.78 is 34.4. The number of aromatic nitrogens is 2. The summed E-state index contributed by atoms with van der Waals surface area (Å²) >= 11 is 5.85. The van der Waals surface area contributed by atoms with Crippen LogP contribution in [0.4, 0.5) is 13.6 Å². The Morgan fingerprint density at radius 1 is 1.46 bits per heavy atom. The molecule has 1 aliphatic heterocycles. The Morgan fingerprint density at radius 3 is 2.96 bits per heavy atom. The van der Waals surface area contributed by atoms with E-state index in [0.29, 0.717) is 17.0 Å². The predicted octanol–water partition coefficient (Wildman–Crippen LogP) is 2.47. The van der Waals surface area contributed by atoms with Gasteiger partial charge in [0.25, 0.3) is 5.91 Å². The number of ether oxygens (including phenoxy) is 2. The Bertz CT molecular complexity index is 899. The van der Waals surface area contributed by atoms with Crippen LogP contribution >= 0.6 is 11.6 Å². The molecule has 28 heavy (non-hydrogen) atoms. The fourth-order valence-corrected chi connectivity index (χ4v) is 2.76. The summed E-state index contributed by atoms with van der Waals surface area (Å²) in [5, 5.41) is 2.45. The van der Waals surface area contributed by atoms with E-state index in [2.05, 4.69) is 20.0 Å². The molecule has 1 atom stereocenters. The second-order valence-corrected chi connectivity index (χ2v) is 6.19. The summed E-state index contributed by atoms with van der Waals surface area (Å²) in [7, 11) is 1.45. The zero-order chi connectivity index (χ0) is 20.3. The van der Waals surface area contributed by atoms with Crippen molar-refractivity contribution in [1.82, 2.24) is 20.2 Å². The third-order valence-corrected chi connectivity index (χ3v) is 4.22. The number of nitrogens with zero attached hydrogens (tertiary/aromatic N) is 3. The molecule has 2 amide bonds. The van der Waals surface area contributed by atoms with Gasteiger partial charge in [-0.25, -0.2) is 9.78 Å². The van der Waals surface area contributed by atoms with Crippen LogP contribution in [0.3, 0.4) is 0 Å². The number of benzene rings is 1. The third-order valence-electron chi connectivity index (χ3n) is 3.91. The average Bonchev–Trinajstić information content (AvgIpc) is 3.03. The SMILES string of the molecule is CNC(=O)C1CN(Cc2cncc(-c3ccc(Cl)c(OC(F)F)c3)n2)C(=O)O1. The molecule has 2 aromatic rings. The van der Waals surface area contributed by atoms with Crippen LogP contribution in [0, 0.1) is 0 Å². The van der Waals surface area contributed by atoms with Crippen LogP contribution < -0.4 is 10.1 Å². The van der Waals surface area contributed by atoms with Crippen molar-refractivity contribution in [1.29, 1.82) is 0 Å². The molecule has 0 aliphatic carbocycles. The number of carbonyl (C=O) groups is 2. The Labute approximate surface area is 163 Å². The molecule has 1 saturated heterocycles. The van der Waals surface area contributed by atoms with Crippen LogP contribution in [0.1, 0.15) is 5.69 Å². The minimum Gasteiger partial charge on any atom is -0.434 e. The molecule has 1 aromatic heterocycles. The summed E-state index contributed by atoms with van der Waals surface area (Å²) in [5.74, 6) is -0.582. The number of hydrogen-bond acceptors (Lipinski definition) is 6. The van der Waals surface area contributed by atoms with Gasteiger partial charge in [-0.15, -0.1) is 0 Å². The third kappa shape index (κ3) is 4.45. The van der Waals surface area contributed by atoms with E-state index in [1.165, 1.54) is 36.5 Å². The van der Waals surface area contributed by atoms with E-state index in [1.807, 2.05) is 0 Å². The molecule has 1 unspecified atom stereocenters. The number of rotatable bonds is 6. The number of nitrogens with one attached hydrogen (secondary N) is 1. The lowest BCUT2D eigenvalue weighted by molar-refractivity contribution is -0.127. The first kappa shape index (κ1) is 19.7. The maximum absolute atomic E-state index is 12.5. The number of cyclic esters (lactones) is 1. The number of likely N-dealkylation sites (N-methyl/N-ethyl adjacent to an activating group) is 1. The van der Waals surface area contributed by atoms with Gasteiger partial charge in [-0.3, -0.25) is 14.7 Å². The molecule has 1 N–H and O–H groups in total. The first-order valence-electron chi connectivity index (χ1n) is 8.10. The minimum atomic E-state index is -3.01. The van der Waals surface area contributed by atoms with E-state index in [-0.39, 0.29) is 23.9 Å². The zero-order valence-corrected chi connectivity index (χ0v) is 15.3. The molecule has 0 bridgehead atoms. The molecule has 1 fully saturated rings. The minimum absolute atomic E-state index is 0.0354. The number of alkyl halides is 2. The van der Waals surface area contributed by atoms with Crippen LogP contribution in [0.2, 0.25) is 5.02 Å². The highest BCUT2D eigenvalue weighted by molar-refractivity contribution is 6.32. The van der Waals surface area contributed by atoms with Crippen LogP contribution in [-0.2, 0) is 16.1 Å². The molecule has 0 radical (unpaired) electrons. The van der Waals surface area contributed by atoms with Gasteiger partial charge in [-0.1, -0.05) is 17.7 Å². The lowest BCUT2D eigenvalue weighted by Crippen LogP contribution is -2.35. The molecular weight excluding hydrogens is 398 g/mol. The molecule has 2 heterocycles. The smallest absolute Gasteiger partial charge is 0.411 e. The number of halogens is 3. The van der Waals surface area contributed by atoms with Crippen molar-refractivity contribution in [2.24, 2.45) is 0 Å². The standard InChI is InChI=1S/C17H15ClF2N4O4/c1-21-15(25)14-8-24(17(26)28-14)7-10-5-22-6-12(23-10)9-2-3-11(18)13(4-9)27-16(19)20/h2-6,14,16H,7-8H2,1H3,(H,21,25). The zero-order valence-electron chi connectivity index (χ0n) is 14.6. The molecule has 8 nitrogen and oxygen atoms in total. The van der Waals surface area contributed by atoms with Gasteiger partial charge in [0.05, 0.1) is 41.9 Å². The van der Waals surface area contributed by atoms with Crippen molar-refractivity contribution in [2.45, 2.75) is 19.3 Å². The molecule has 3 rings (SSSR count). The van der Waals surface area contributed by atoms with Crippen molar-refractivity contribution in [3.63, 3.8) is 0 Å². The molecule has 148 valence electrons. The van der Waals surface area contributed by atoms with E-state index >= 15 is 0 Å². The van der Waals surface area contributed by atoms with E-state index in [9.17, 15) is 18.4 Å². The number of hydrogen-bond donors (Lipinski definition) is 1. The van der Waals surface area contributed by atoms with E-state index in [1.54, 1.807) is 6.07 Å². The van der Waals surface area contributed by atoms with Crippen LogP contribution in [0.5, 0.6) is 5.75 Å². The first-order chi connectivity index (χ1) is 13.4. The van der Waals surface area contributed by atoms with Crippen LogP contribution in [0.15, 0.2) is 30.6 Å². The summed E-state index contributed by atoms with van der Waals surface area (Å²) in [6.45, 7) is -2.86. The Kier molecular flexibility index (Phi) is 5.88. The molecule has 11 heteroatoms. The van der Waals surface area contributed by atoms with Gasteiger partial charge in [0.15, 0.2) is 6.10 Å². The fraction of sp³-hybridized carbons (Fsp3) is 0.294. The summed E-state index contributed by atoms with van der Waals surface area (Å²) in [4.78, 5) is 33.3. The quantitative estimate of drug-likeness (QED) is 0.783. The summed E-state index contributed by atoms with van der Waals surface area (Å²) in [5.41, 5.74) is 1.27. The maximum atomic E-state index is 12.5. The molecule has 0 spiro atoms. The lowest BCUT2D eigenvalue weighted by Gasteiger charge is -2.13. The van der Waals surface area contributed by atoms with Gasteiger partial charge in [0.1, 0.15) is 5.75 Å². The molecular formula is C17H15ClF2N4O4. The fourth-order valence-electron chi connectivity index (χ4n) is 2.60. The maximum Gasteiger partial charge on any atom is 0.411 e. The van der Waals surface area contributed by atoms with Gasteiger partial charge in [-0.2, -0.15) is 8.78 Å². The largest absolute Gasteiger partial charge is 0.434 e. The van der Waals surface area contributed by atoms with Crippen molar-refractivity contribution >= 4 is 23.6 Å². The highest BCUT2D eigenvalue weighted by Gasteiger charge is 2.35. The highest BCUT2D eigenvalue weighted by Crippen LogP contribution is 2.31. The van der Waals surface area contributed by atoms with Crippen molar-refractivity contribution < 1.29 is 27.8 Å². The molecule has 1 aliphatic rings. The Hall–Kier alpha value is -3.01. The average molecular weight is 413 g/mol. The van der Waals surface area contributed by atoms with Crippen LogP contribution in [-0.4, -0.2) is 53.2 Å². The van der Waals surface area contributed by atoms with Gasteiger partial charge in [0.2, 0.25) is 0 Å². The number of amides is 2. The number of carbonyl (C=O) groups excluding carboxylic acids is 2. The van der Waals surface area contributed by atoms with Crippen molar-refractivity contribution in [3.8, 4) is 17.0 Å². The topological polar surface area (TPSA) is 93.7 Å². The summed E-state index contributed by atoms with van der Waals surface area (Å²) in [6, 6.07) is 4.32.